The Balaban J connectivity index is 4.43. The van der Waals surface area contributed by atoms with E-state index in [0.29, 0.717) is 19.3 Å². The summed E-state index contributed by atoms with van der Waals surface area (Å²) in [5, 5.41) is 0. The first-order chi connectivity index (χ1) is 35.0. The van der Waals surface area contributed by atoms with Gasteiger partial charge < -0.3 is 14.2 Å². The number of ether oxygens (including phenoxy) is 3. The second-order valence-electron chi connectivity index (χ2n) is 19.5. The van der Waals surface area contributed by atoms with Crippen molar-refractivity contribution < 1.29 is 28.6 Å². The van der Waals surface area contributed by atoms with Gasteiger partial charge in [-0.2, -0.15) is 0 Å². The van der Waals surface area contributed by atoms with Gasteiger partial charge in [0.15, 0.2) is 6.10 Å². The summed E-state index contributed by atoms with van der Waals surface area (Å²) in [4.78, 5) is 38.2. The standard InChI is InChI=1S/C65H110O6/c1-4-7-10-13-16-19-22-25-28-31-32-35-37-40-43-46-49-52-55-58-64(67)70-61-62(71-65(68)59-56-53-50-47-44-41-38-34-30-27-24-21-18-15-12-9-6-3)60-69-63(66)57-54-51-48-45-42-39-36-33-29-26-23-20-17-14-11-8-5-2/h7,9-10,12,16,18-19,21,25-30,32,35,62H,4-6,8,11,13-15,17,20,22-24,31,33-34,36-61H2,1-3H3/b10-7-,12-9-,19-16-,21-18-,28-25-,29-26-,30-27-,35-32-. The van der Waals surface area contributed by atoms with Gasteiger partial charge in [0.2, 0.25) is 0 Å². The van der Waals surface area contributed by atoms with Gasteiger partial charge in [-0.25, -0.2) is 0 Å². The van der Waals surface area contributed by atoms with E-state index in [4.69, 9.17) is 14.2 Å². The molecule has 0 aromatic carbocycles. The highest BCUT2D eigenvalue weighted by molar-refractivity contribution is 5.71. The van der Waals surface area contributed by atoms with Crippen LogP contribution in [-0.2, 0) is 28.6 Å². The largest absolute Gasteiger partial charge is 0.462 e. The smallest absolute Gasteiger partial charge is 0.306 e. The summed E-state index contributed by atoms with van der Waals surface area (Å²) in [5.41, 5.74) is 0. The van der Waals surface area contributed by atoms with Gasteiger partial charge >= 0.3 is 17.9 Å². The first kappa shape index (κ1) is 67.3. The van der Waals surface area contributed by atoms with Crippen LogP contribution in [0.5, 0.6) is 0 Å². The number of hydrogen-bond donors (Lipinski definition) is 0. The number of carbonyl (C=O) groups excluding carboxylic acids is 3. The molecule has 1 unspecified atom stereocenters. The molecule has 0 spiro atoms. The van der Waals surface area contributed by atoms with Gasteiger partial charge in [-0.05, 0) is 116 Å². The summed E-state index contributed by atoms with van der Waals surface area (Å²) in [7, 11) is 0. The summed E-state index contributed by atoms with van der Waals surface area (Å²) in [6.07, 6.45) is 78.2. The molecule has 0 saturated carbocycles. The lowest BCUT2D eigenvalue weighted by Gasteiger charge is -2.18. The van der Waals surface area contributed by atoms with Crippen molar-refractivity contribution in [3.63, 3.8) is 0 Å². The van der Waals surface area contributed by atoms with Crippen LogP contribution in [0.3, 0.4) is 0 Å². The Kier molecular flexibility index (Phi) is 55.9. The van der Waals surface area contributed by atoms with E-state index in [0.717, 1.165) is 122 Å². The van der Waals surface area contributed by atoms with Crippen LogP contribution in [0.1, 0.15) is 278 Å². The van der Waals surface area contributed by atoms with Crippen molar-refractivity contribution in [1.29, 1.82) is 0 Å². The fraction of sp³-hybridized carbons (Fsp3) is 0.708. The van der Waals surface area contributed by atoms with E-state index >= 15 is 0 Å². The van der Waals surface area contributed by atoms with Gasteiger partial charge in [0.05, 0.1) is 0 Å². The Morgan fingerprint density at radius 3 is 0.873 bits per heavy atom. The van der Waals surface area contributed by atoms with E-state index in [1.165, 1.54) is 116 Å². The molecule has 0 amide bonds. The SMILES string of the molecule is CC/C=C\C/C=C\C/C=C\C/C=C\CCCCCCCCC(=O)OCC(COC(=O)CCCCCCCCC/C=C\CCCCCCCC)OC(=O)CCCCCCCCC/C=C\C/C=C\C/C=C\CC. The molecule has 0 rings (SSSR count). The number of rotatable bonds is 53. The van der Waals surface area contributed by atoms with E-state index < -0.39 is 6.10 Å². The lowest BCUT2D eigenvalue weighted by Crippen LogP contribution is -2.30. The Labute approximate surface area is 438 Å². The molecule has 0 aromatic heterocycles. The molecular formula is C65H110O6. The third-order valence-electron chi connectivity index (χ3n) is 12.6. The van der Waals surface area contributed by atoms with Gasteiger partial charge in [-0.1, -0.05) is 240 Å². The highest BCUT2D eigenvalue weighted by atomic mass is 16.6. The summed E-state index contributed by atoms with van der Waals surface area (Å²) >= 11 is 0. The Bertz CT molecular complexity index is 1410. The second kappa shape index (κ2) is 58.9. The van der Waals surface area contributed by atoms with Crippen molar-refractivity contribution in [3.8, 4) is 0 Å². The lowest BCUT2D eigenvalue weighted by molar-refractivity contribution is -0.167. The molecule has 0 heterocycles. The van der Waals surface area contributed by atoms with E-state index in [9.17, 15) is 14.4 Å². The zero-order chi connectivity index (χ0) is 51.4. The molecule has 0 bridgehead atoms. The first-order valence-electron chi connectivity index (χ1n) is 29.7. The highest BCUT2D eigenvalue weighted by Crippen LogP contribution is 2.15. The second-order valence-corrected chi connectivity index (χ2v) is 19.5. The molecule has 71 heavy (non-hydrogen) atoms. The van der Waals surface area contributed by atoms with Crippen LogP contribution in [0.15, 0.2) is 97.2 Å². The van der Waals surface area contributed by atoms with Crippen molar-refractivity contribution in [2.45, 2.75) is 284 Å². The third kappa shape index (κ3) is 57.1. The average molecular weight is 988 g/mol. The minimum atomic E-state index is -0.793. The fourth-order valence-corrected chi connectivity index (χ4v) is 8.15. The molecule has 6 nitrogen and oxygen atoms in total. The van der Waals surface area contributed by atoms with Crippen molar-refractivity contribution in [2.24, 2.45) is 0 Å². The van der Waals surface area contributed by atoms with Crippen molar-refractivity contribution in [1.82, 2.24) is 0 Å². The van der Waals surface area contributed by atoms with Crippen molar-refractivity contribution in [2.75, 3.05) is 13.2 Å². The van der Waals surface area contributed by atoms with Gasteiger partial charge in [0.1, 0.15) is 13.2 Å². The van der Waals surface area contributed by atoms with E-state index in [2.05, 4.69) is 118 Å². The molecule has 0 aliphatic heterocycles. The number of unbranched alkanes of at least 4 members (excludes halogenated alkanes) is 26. The molecule has 406 valence electrons. The Hall–Kier alpha value is -3.67. The molecule has 0 aliphatic rings. The zero-order valence-electron chi connectivity index (χ0n) is 46.5. The molecule has 0 aromatic rings. The zero-order valence-corrected chi connectivity index (χ0v) is 46.5. The number of carbonyl (C=O) groups is 3. The monoisotopic (exact) mass is 987 g/mol. The van der Waals surface area contributed by atoms with Crippen molar-refractivity contribution in [3.05, 3.63) is 97.2 Å². The molecule has 1 atom stereocenters. The predicted molar refractivity (Wildman–Crippen MR) is 307 cm³/mol. The molecule has 0 fully saturated rings. The highest BCUT2D eigenvalue weighted by Gasteiger charge is 2.19. The molecular weight excluding hydrogens is 877 g/mol. The van der Waals surface area contributed by atoms with Crippen molar-refractivity contribution >= 4 is 17.9 Å². The van der Waals surface area contributed by atoms with Crippen LogP contribution in [0.2, 0.25) is 0 Å². The third-order valence-corrected chi connectivity index (χ3v) is 12.6. The van der Waals surface area contributed by atoms with Crippen LogP contribution < -0.4 is 0 Å². The quantitative estimate of drug-likeness (QED) is 0.0261. The predicted octanol–water partition coefficient (Wildman–Crippen LogP) is 20.1. The topological polar surface area (TPSA) is 78.9 Å². The first-order valence-corrected chi connectivity index (χ1v) is 29.7. The maximum atomic E-state index is 12.9. The number of hydrogen-bond acceptors (Lipinski definition) is 6. The van der Waals surface area contributed by atoms with Gasteiger partial charge in [-0.3, -0.25) is 14.4 Å². The van der Waals surface area contributed by atoms with E-state index in [1.807, 2.05) is 0 Å². The fourth-order valence-electron chi connectivity index (χ4n) is 8.15. The normalized spacial score (nSPS) is 12.8. The molecule has 0 aliphatic carbocycles. The van der Waals surface area contributed by atoms with Crippen LogP contribution in [0.25, 0.3) is 0 Å². The number of esters is 3. The minimum absolute atomic E-state index is 0.0886. The van der Waals surface area contributed by atoms with E-state index in [1.54, 1.807) is 0 Å². The lowest BCUT2D eigenvalue weighted by atomic mass is 10.1. The van der Waals surface area contributed by atoms with Crippen LogP contribution >= 0.6 is 0 Å². The summed E-state index contributed by atoms with van der Waals surface area (Å²) in [5.74, 6) is -0.911. The molecule has 0 saturated heterocycles. The molecule has 6 heteroatoms. The van der Waals surface area contributed by atoms with Crippen LogP contribution in [0, 0.1) is 0 Å². The maximum absolute atomic E-state index is 12.9. The van der Waals surface area contributed by atoms with Gasteiger partial charge in [0, 0.05) is 19.3 Å². The Morgan fingerprint density at radius 2 is 0.549 bits per heavy atom. The maximum Gasteiger partial charge on any atom is 0.306 e. The van der Waals surface area contributed by atoms with Gasteiger partial charge in [-0.15, -0.1) is 0 Å². The minimum Gasteiger partial charge on any atom is -0.462 e. The summed E-state index contributed by atoms with van der Waals surface area (Å²) in [6.45, 7) is 6.41. The van der Waals surface area contributed by atoms with Crippen LogP contribution in [0.4, 0.5) is 0 Å². The summed E-state index contributed by atoms with van der Waals surface area (Å²) in [6, 6.07) is 0. The number of allylic oxidation sites excluding steroid dienone is 16. The Morgan fingerprint density at radius 1 is 0.296 bits per heavy atom. The average Bonchev–Trinajstić information content (AvgIpc) is 3.37. The summed E-state index contributed by atoms with van der Waals surface area (Å²) < 4.78 is 16.9. The van der Waals surface area contributed by atoms with Crippen LogP contribution in [-0.4, -0.2) is 37.2 Å². The molecule has 0 N–H and O–H groups in total. The van der Waals surface area contributed by atoms with Gasteiger partial charge in [0.25, 0.3) is 0 Å². The molecule has 0 radical (unpaired) electrons. The van der Waals surface area contributed by atoms with E-state index in [-0.39, 0.29) is 31.1 Å².